The lowest BCUT2D eigenvalue weighted by molar-refractivity contribution is 0.0697. The number of furan rings is 1. The Kier molecular flexibility index (Phi) is 3.90. The van der Waals surface area contributed by atoms with Gasteiger partial charge in [-0.1, -0.05) is 11.6 Å². The Morgan fingerprint density at radius 1 is 1.37 bits per heavy atom. The van der Waals surface area contributed by atoms with Crippen LogP contribution in [-0.4, -0.2) is 17.6 Å². The van der Waals surface area contributed by atoms with Gasteiger partial charge in [0.1, 0.15) is 5.76 Å². The van der Waals surface area contributed by atoms with Crippen molar-refractivity contribution in [2.24, 2.45) is 0 Å². The van der Waals surface area contributed by atoms with Crippen molar-refractivity contribution in [2.75, 3.05) is 11.4 Å². The van der Waals surface area contributed by atoms with Gasteiger partial charge in [-0.3, -0.25) is 0 Å². The quantitative estimate of drug-likeness (QED) is 0.895. The van der Waals surface area contributed by atoms with Crippen LogP contribution in [0.25, 0.3) is 0 Å². The third-order valence-corrected chi connectivity index (χ3v) is 3.03. The summed E-state index contributed by atoms with van der Waals surface area (Å²) in [5.74, 6) is -0.0876. The van der Waals surface area contributed by atoms with E-state index < -0.39 is 5.97 Å². The van der Waals surface area contributed by atoms with E-state index in [4.69, 9.17) is 4.42 Å². The molecule has 2 rings (SSSR count). The molecule has 100 valence electrons. The molecule has 0 amide bonds. The van der Waals surface area contributed by atoms with Crippen molar-refractivity contribution in [1.82, 2.24) is 0 Å². The molecule has 0 spiro atoms. The highest BCUT2D eigenvalue weighted by Gasteiger charge is 2.16. The normalized spacial score (nSPS) is 10.4. The Labute approximate surface area is 112 Å². The number of aryl methyl sites for hydroxylation is 1. The summed E-state index contributed by atoms with van der Waals surface area (Å²) in [5, 5.41) is 9.31. The van der Waals surface area contributed by atoms with Gasteiger partial charge in [0, 0.05) is 6.54 Å². The van der Waals surface area contributed by atoms with E-state index in [0.717, 1.165) is 17.0 Å². The van der Waals surface area contributed by atoms with Crippen molar-refractivity contribution < 1.29 is 14.3 Å². The van der Waals surface area contributed by atoms with Crippen LogP contribution in [0.3, 0.4) is 0 Å². The highest BCUT2D eigenvalue weighted by atomic mass is 16.4. The third kappa shape index (κ3) is 2.96. The molecule has 2 aromatic rings. The van der Waals surface area contributed by atoms with Crippen LogP contribution in [0, 0.1) is 6.92 Å². The number of nitrogens with zero attached hydrogens (tertiary/aromatic N) is 1. The summed E-state index contributed by atoms with van der Waals surface area (Å²) in [7, 11) is 0. The monoisotopic (exact) mass is 259 g/mol. The van der Waals surface area contributed by atoms with Gasteiger partial charge in [0.05, 0.1) is 24.1 Å². The lowest BCUT2D eigenvalue weighted by Crippen LogP contribution is -2.24. The molecule has 1 aromatic heterocycles. The van der Waals surface area contributed by atoms with Crippen molar-refractivity contribution in [3.63, 3.8) is 0 Å². The number of carboxylic acids is 1. The number of rotatable bonds is 5. The second-order valence-electron chi connectivity index (χ2n) is 4.42. The molecule has 0 unspecified atom stereocenters. The van der Waals surface area contributed by atoms with Crippen molar-refractivity contribution in [3.8, 4) is 0 Å². The van der Waals surface area contributed by atoms with Crippen LogP contribution in [0.1, 0.15) is 28.6 Å². The van der Waals surface area contributed by atoms with Gasteiger partial charge in [0.25, 0.3) is 0 Å². The molecule has 4 nitrogen and oxygen atoms in total. The fourth-order valence-corrected chi connectivity index (χ4v) is 2.05. The molecule has 0 aliphatic heterocycles. The van der Waals surface area contributed by atoms with E-state index >= 15 is 0 Å². The predicted octanol–water partition coefficient (Wildman–Crippen LogP) is 3.31. The Balaban J connectivity index is 2.35. The first-order valence-electron chi connectivity index (χ1n) is 6.23. The van der Waals surface area contributed by atoms with Crippen LogP contribution >= 0.6 is 0 Å². The molecule has 0 fully saturated rings. The first-order chi connectivity index (χ1) is 9.11. The zero-order valence-electron chi connectivity index (χ0n) is 11.1. The molecule has 19 heavy (non-hydrogen) atoms. The standard InChI is InChI=1S/C15H17NO3/c1-3-16(10-12-5-4-8-19-12)14-7-6-11(2)9-13(14)15(17)18/h4-9H,3,10H2,1-2H3,(H,17,18). The Morgan fingerprint density at radius 2 is 2.16 bits per heavy atom. The van der Waals surface area contributed by atoms with Crippen molar-refractivity contribution in [2.45, 2.75) is 20.4 Å². The van der Waals surface area contributed by atoms with Gasteiger partial charge in [0.2, 0.25) is 0 Å². The van der Waals surface area contributed by atoms with E-state index in [1.165, 1.54) is 0 Å². The summed E-state index contributed by atoms with van der Waals surface area (Å²) in [4.78, 5) is 13.3. The predicted molar refractivity (Wildman–Crippen MR) is 73.6 cm³/mol. The van der Waals surface area contributed by atoms with Gasteiger partial charge in [-0.05, 0) is 38.1 Å². The van der Waals surface area contributed by atoms with Gasteiger partial charge < -0.3 is 14.4 Å². The average molecular weight is 259 g/mol. The SMILES string of the molecule is CCN(Cc1ccco1)c1ccc(C)cc1C(=O)O. The number of carboxylic acid groups (broad SMARTS) is 1. The zero-order chi connectivity index (χ0) is 13.8. The van der Waals surface area contributed by atoms with E-state index in [-0.39, 0.29) is 0 Å². The van der Waals surface area contributed by atoms with Gasteiger partial charge in [-0.2, -0.15) is 0 Å². The molecule has 0 atom stereocenters. The molecule has 4 heteroatoms. The Morgan fingerprint density at radius 3 is 2.74 bits per heavy atom. The van der Waals surface area contributed by atoms with E-state index in [1.54, 1.807) is 12.3 Å². The van der Waals surface area contributed by atoms with Crippen LogP contribution in [0.15, 0.2) is 41.0 Å². The van der Waals surface area contributed by atoms with Crippen molar-refractivity contribution >= 4 is 11.7 Å². The number of hydrogen-bond acceptors (Lipinski definition) is 3. The van der Waals surface area contributed by atoms with E-state index in [2.05, 4.69) is 0 Å². The maximum Gasteiger partial charge on any atom is 0.337 e. The highest BCUT2D eigenvalue weighted by Crippen LogP contribution is 2.24. The number of hydrogen-bond donors (Lipinski definition) is 1. The van der Waals surface area contributed by atoms with Crippen LogP contribution in [0.5, 0.6) is 0 Å². The maximum atomic E-state index is 11.3. The average Bonchev–Trinajstić information content (AvgIpc) is 2.89. The van der Waals surface area contributed by atoms with Gasteiger partial charge >= 0.3 is 5.97 Å². The van der Waals surface area contributed by atoms with E-state index in [9.17, 15) is 9.90 Å². The number of carbonyl (C=O) groups is 1. The Bertz CT molecular complexity index is 561. The van der Waals surface area contributed by atoms with Gasteiger partial charge in [-0.15, -0.1) is 0 Å². The molecule has 0 saturated heterocycles. The molecule has 1 heterocycles. The first-order valence-corrected chi connectivity index (χ1v) is 6.23. The summed E-state index contributed by atoms with van der Waals surface area (Å²) in [5.41, 5.74) is 1.99. The van der Waals surface area contributed by atoms with E-state index in [0.29, 0.717) is 18.7 Å². The highest BCUT2D eigenvalue weighted by molar-refractivity contribution is 5.94. The molecular formula is C15H17NO3. The smallest absolute Gasteiger partial charge is 0.337 e. The fraction of sp³-hybridized carbons (Fsp3) is 0.267. The molecule has 0 saturated carbocycles. The molecule has 1 N–H and O–H groups in total. The van der Waals surface area contributed by atoms with Crippen LogP contribution in [0.2, 0.25) is 0 Å². The molecule has 1 aromatic carbocycles. The zero-order valence-corrected chi connectivity index (χ0v) is 11.1. The van der Waals surface area contributed by atoms with Crippen LogP contribution < -0.4 is 4.90 Å². The largest absolute Gasteiger partial charge is 0.478 e. The minimum atomic E-state index is -0.906. The summed E-state index contributed by atoms with van der Waals surface area (Å²) in [6.07, 6.45) is 1.62. The summed E-state index contributed by atoms with van der Waals surface area (Å²) in [6.45, 7) is 5.16. The maximum absolute atomic E-state index is 11.3. The van der Waals surface area contributed by atoms with Crippen molar-refractivity contribution in [1.29, 1.82) is 0 Å². The lowest BCUT2D eigenvalue weighted by Gasteiger charge is -2.24. The molecule has 0 radical (unpaired) electrons. The molecule has 0 bridgehead atoms. The minimum absolute atomic E-state index is 0.327. The van der Waals surface area contributed by atoms with Crippen molar-refractivity contribution in [3.05, 3.63) is 53.5 Å². The van der Waals surface area contributed by atoms with E-state index in [1.807, 2.05) is 43.0 Å². The Hall–Kier alpha value is -2.23. The molecule has 0 aliphatic rings. The first kappa shape index (κ1) is 13.2. The number of anilines is 1. The fourth-order valence-electron chi connectivity index (χ4n) is 2.05. The number of benzene rings is 1. The summed E-state index contributed by atoms with van der Waals surface area (Å²) >= 11 is 0. The van der Waals surface area contributed by atoms with Gasteiger partial charge in [-0.25, -0.2) is 4.79 Å². The summed E-state index contributed by atoms with van der Waals surface area (Å²) < 4.78 is 5.32. The second-order valence-corrected chi connectivity index (χ2v) is 4.42. The molecule has 0 aliphatic carbocycles. The minimum Gasteiger partial charge on any atom is -0.478 e. The second kappa shape index (κ2) is 5.61. The number of aromatic carboxylic acids is 1. The lowest BCUT2D eigenvalue weighted by atomic mass is 10.1. The van der Waals surface area contributed by atoms with Crippen LogP contribution in [0.4, 0.5) is 5.69 Å². The molecular weight excluding hydrogens is 242 g/mol. The topological polar surface area (TPSA) is 53.7 Å². The van der Waals surface area contributed by atoms with Crippen LogP contribution in [-0.2, 0) is 6.54 Å². The third-order valence-electron chi connectivity index (χ3n) is 3.03. The van der Waals surface area contributed by atoms with Gasteiger partial charge in [0.15, 0.2) is 0 Å². The summed E-state index contributed by atoms with van der Waals surface area (Å²) in [6, 6.07) is 9.19.